The molecule has 0 atom stereocenters. The molecule has 0 spiro atoms. The minimum atomic E-state index is -3.31. The van der Waals surface area contributed by atoms with Crippen molar-refractivity contribution in [3.8, 4) is 0 Å². The lowest BCUT2D eigenvalue weighted by molar-refractivity contribution is 0.597. The summed E-state index contributed by atoms with van der Waals surface area (Å²) in [6.45, 7) is 0.324. The van der Waals surface area contributed by atoms with Gasteiger partial charge in [-0.05, 0) is 24.3 Å². The van der Waals surface area contributed by atoms with Crippen LogP contribution in [0.15, 0.2) is 24.3 Å². The van der Waals surface area contributed by atoms with Gasteiger partial charge in [-0.25, -0.2) is 12.8 Å². The zero-order valence-electron chi connectivity index (χ0n) is 8.15. The molecule has 0 N–H and O–H groups in total. The van der Waals surface area contributed by atoms with Crippen LogP contribution in [0.1, 0.15) is 0 Å². The number of hydrogen-bond acceptors (Lipinski definition) is 2. The Kier molecular flexibility index (Phi) is 4.10. The zero-order valence-corrected chi connectivity index (χ0v) is 10.6. The van der Waals surface area contributed by atoms with Gasteiger partial charge in [-0.15, -0.1) is 0 Å². The molecule has 0 bridgehead atoms. The van der Waals surface area contributed by atoms with Crippen molar-refractivity contribution in [2.75, 3.05) is 22.4 Å². The first-order chi connectivity index (χ1) is 6.95. The predicted octanol–water partition coefficient (Wildman–Crippen LogP) is 1.99. The highest BCUT2D eigenvalue weighted by Crippen LogP contribution is 2.17. The molecule has 0 heterocycles. The van der Waals surface area contributed by atoms with E-state index in [1.165, 1.54) is 28.6 Å². The lowest BCUT2D eigenvalue weighted by Crippen LogP contribution is -2.31. The summed E-state index contributed by atoms with van der Waals surface area (Å²) in [5.74, 6) is -0.383. The standard InChI is InChI=1S/C9H11BrFNO2S/c1-15(13,14)12(7-6-10)9-4-2-8(11)3-5-9/h2-5H,6-7H2,1H3. The van der Waals surface area contributed by atoms with E-state index in [1.54, 1.807) is 0 Å². The summed E-state index contributed by atoms with van der Waals surface area (Å²) >= 11 is 3.17. The summed E-state index contributed by atoms with van der Waals surface area (Å²) < 4.78 is 36.7. The summed E-state index contributed by atoms with van der Waals surface area (Å²) in [6.07, 6.45) is 1.12. The van der Waals surface area contributed by atoms with Gasteiger partial charge in [0.15, 0.2) is 0 Å². The van der Waals surface area contributed by atoms with Crippen LogP contribution >= 0.6 is 15.9 Å². The molecular formula is C9H11BrFNO2S. The Balaban J connectivity index is 3.05. The molecule has 1 aromatic carbocycles. The second-order valence-electron chi connectivity index (χ2n) is 3.00. The minimum Gasteiger partial charge on any atom is -0.270 e. The first-order valence-electron chi connectivity index (χ1n) is 4.24. The SMILES string of the molecule is CS(=O)(=O)N(CCBr)c1ccc(F)cc1. The molecule has 1 rings (SSSR count). The Labute approximate surface area is 97.1 Å². The number of alkyl halides is 1. The number of anilines is 1. The first-order valence-corrected chi connectivity index (χ1v) is 7.21. The summed E-state index contributed by atoms with van der Waals surface area (Å²) in [6, 6.07) is 5.36. The Bertz CT molecular complexity index is 418. The Morgan fingerprint density at radius 1 is 1.33 bits per heavy atom. The predicted molar refractivity (Wildman–Crippen MR) is 62.4 cm³/mol. The molecular weight excluding hydrogens is 285 g/mol. The maximum atomic E-state index is 12.7. The minimum absolute atomic E-state index is 0.324. The molecule has 0 amide bonds. The molecule has 1 aromatic rings. The topological polar surface area (TPSA) is 37.4 Å². The van der Waals surface area contributed by atoms with Gasteiger partial charge in [0.05, 0.1) is 11.9 Å². The van der Waals surface area contributed by atoms with Crippen LogP contribution in [0.4, 0.5) is 10.1 Å². The second kappa shape index (κ2) is 4.94. The molecule has 0 aliphatic rings. The summed E-state index contributed by atoms with van der Waals surface area (Å²) in [4.78, 5) is 0. The molecule has 0 radical (unpaired) electrons. The van der Waals surface area contributed by atoms with E-state index in [-0.39, 0.29) is 5.82 Å². The van der Waals surface area contributed by atoms with Crippen LogP contribution in [0, 0.1) is 5.82 Å². The van der Waals surface area contributed by atoms with Gasteiger partial charge >= 0.3 is 0 Å². The number of halogens is 2. The van der Waals surface area contributed by atoms with Crippen molar-refractivity contribution in [1.82, 2.24) is 0 Å². The first kappa shape index (κ1) is 12.4. The highest BCUT2D eigenvalue weighted by atomic mass is 79.9. The maximum absolute atomic E-state index is 12.7. The fourth-order valence-electron chi connectivity index (χ4n) is 1.17. The van der Waals surface area contributed by atoms with Crippen LogP contribution < -0.4 is 4.31 Å². The second-order valence-corrected chi connectivity index (χ2v) is 5.70. The van der Waals surface area contributed by atoms with Crippen LogP contribution in [0.3, 0.4) is 0 Å². The van der Waals surface area contributed by atoms with Gasteiger partial charge in [0.25, 0.3) is 0 Å². The van der Waals surface area contributed by atoms with Crippen molar-refractivity contribution in [3.05, 3.63) is 30.1 Å². The van der Waals surface area contributed by atoms with Crippen molar-refractivity contribution in [1.29, 1.82) is 0 Å². The van der Waals surface area contributed by atoms with E-state index < -0.39 is 10.0 Å². The molecule has 0 unspecified atom stereocenters. The van der Waals surface area contributed by atoms with E-state index in [9.17, 15) is 12.8 Å². The number of rotatable bonds is 4. The molecule has 0 aromatic heterocycles. The van der Waals surface area contributed by atoms with Crippen LogP contribution in [-0.2, 0) is 10.0 Å². The van der Waals surface area contributed by atoms with E-state index in [2.05, 4.69) is 15.9 Å². The molecule has 0 aliphatic carbocycles. The van der Waals surface area contributed by atoms with Crippen molar-refractivity contribution in [3.63, 3.8) is 0 Å². The largest absolute Gasteiger partial charge is 0.270 e. The van der Waals surface area contributed by atoms with E-state index in [4.69, 9.17) is 0 Å². The fraction of sp³-hybridized carbons (Fsp3) is 0.333. The van der Waals surface area contributed by atoms with Crippen molar-refractivity contribution >= 4 is 31.6 Å². The Morgan fingerprint density at radius 3 is 2.27 bits per heavy atom. The van der Waals surface area contributed by atoms with E-state index in [0.717, 1.165) is 6.26 Å². The normalized spacial score (nSPS) is 11.4. The molecule has 3 nitrogen and oxygen atoms in total. The average Bonchev–Trinajstić information content (AvgIpc) is 2.14. The van der Waals surface area contributed by atoms with Crippen LogP contribution in [0.25, 0.3) is 0 Å². The number of hydrogen-bond donors (Lipinski definition) is 0. The maximum Gasteiger partial charge on any atom is 0.232 e. The highest BCUT2D eigenvalue weighted by Gasteiger charge is 2.16. The monoisotopic (exact) mass is 295 g/mol. The van der Waals surface area contributed by atoms with Crippen LogP contribution in [-0.4, -0.2) is 26.5 Å². The van der Waals surface area contributed by atoms with Gasteiger partial charge in [0, 0.05) is 11.9 Å². The molecule has 0 aliphatic heterocycles. The van der Waals surface area contributed by atoms with E-state index in [1.807, 2.05) is 0 Å². The Hall–Kier alpha value is -0.620. The van der Waals surface area contributed by atoms with Crippen LogP contribution in [0.2, 0.25) is 0 Å². The van der Waals surface area contributed by atoms with Gasteiger partial charge in [0.2, 0.25) is 10.0 Å². The lowest BCUT2D eigenvalue weighted by atomic mass is 10.3. The third kappa shape index (κ3) is 3.46. The van der Waals surface area contributed by atoms with Crippen molar-refractivity contribution in [2.24, 2.45) is 0 Å². The van der Waals surface area contributed by atoms with E-state index in [0.29, 0.717) is 17.6 Å². The summed E-state index contributed by atoms with van der Waals surface area (Å²) in [7, 11) is -3.31. The molecule has 0 fully saturated rings. The van der Waals surface area contributed by atoms with Gasteiger partial charge < -0.3 is 0 Å². The van der Waals surface area contributed by atoms with Crippen LogP contribution in [0.5, 0.6) is 0 Å². The van der Waals surface area contributed by atoms with Crippen molar-refractivity contribution < 1.29 is 12.8 Å². The molecule has 15 heavy (non-hydrogen) atoms. The quantitative estimate of drug-likeness (QED) is 0.797. The third-order valence-electron chi connectivity index (χ3n) is 1.80. The molecule has 0 saturated carbocycles. The third-order valence-corrected chi connectivity index (χ3v) is 3.35. The lowest BCUT2D eigenvalue weighted by Gasteiger charge is -2.21. The zero-order chi connectivity index (χ0) is 11.5. The summed E-state index contributed by atoms with van der Waals surface area (Å²) in [5.41, 5.74) is 0.471. The number of sulfonamides is 1. The van der Waals surface area contributed by atoms with Gasteiger partial charge in [-0.1, -0.05) is 15.9 Å². The van der Waals surface area contributed by atoms with E-state index >= 15 is 0 Å². The van der Waals surface area contributed by atoms with Gasteiger partial charge in [-0.3, -0.25) is 4.31 Å². The summed E-state index contributed by atoms with van der Waals surface area (Å²) in [5, 5.41) is 0.525. The number of benzene rings is 1. The number of nitrogens with zero attached hydrogens (tertiary/aromatic N) is 1. The average molecular weight is 296 g/mol. The molecule has 6 heteroatoms. The highest BCUT2D eigenvalue weighted by molar-refractivity contribution is 9.09. The van der Waals surface area contributed by atoms with Gasteiger partial charge in [-0.2, -0.15) is 0 Å². The fourth-order valence-corrected chi connectivity index (χ4v) is 2.69. The molecule has 84 valence electrons. The van der Waals surface area contributed by atoms with Gasteiger partial charge in [0.1, 0.15) is 5.82 Å². The van der Waals surface area contributed by atoms with Crippen molar-refractivity contribution in [2.45, 2.75) is 0 Å². The smallest absolute Gasteiger partial charge is 0.232 e. The molecule has 0 saturated heterocycles. The Morgan fingerprint density at radius 2 is 1.87 bits per heavy atom.